The van der Waals surface area contributed by atoms with Crippen molar-refractivity contribution in [3.05, 3.63) is 0 Å². The van der Waals surface area contributed by atoms with Gasteiger partial charge >= 0.3 is 0 Å². The molecule has 0 unspecified atom stereocenters. The van der Waals surface area contributed by atoms with Crippen LogP contribution in [0, 0.1) is 5.92 Å². The fourth-order valence-corrected chi connectivity index (χ4v) is 2.01. The standard InChI is InChI=1S/C10H18N2O/c1-2-10(4-3-5-10)12-9(13)8-6-11-7-8/h8,11H,2-7H2,1H3,(H,12,13). The first-order valence-corrected chi connectivity index (χ1v) is 5.28. The summed E-state index contributed by atoms with van der Waals surface area (Å²) < 4.78 is 0. The van der Waals surface area contributed by atoms with Gasteiger partial charge in [-0.15, -0.1) is 0 Å². The van der Waals surface area contributed by atoms with Crippen molar-refractivity contribution in [2.45, 2.75) is 38.1 Å². The first-order valence-electron chi connectivity index (χ1n) is 5.28. The minimum Gasteiger partial charge on any atom is -0.350 e. The van der Waals surface area contributed by atoms with E-state index in [1.807, 2.05) is 0 Å². The molecule has 1 aliphatic heterocycles. The van der Waals surface area contributed by atoms with Crippen molar-refractivity contribution in [2.75, 3.05) is 13.1 Å². The van der Waals surface area contributed by atoms with Crippen LogP contribution in [-0.4, -0.2) is 24.5 Å². The van der Waals surface area contributed by atoms with Crippen LogP contribution in [0.2, 0.25) is 0 Å². The molecule has 0 radical (unpaired) electrons. The van der Waals surface area contributed by atoms with Gasteiger partial charge in [0, 0.05) is 18.6 Å². The third-order valence-corrected chi connectivity index (χ3v) is 3.53. The van der Waals surface area contributed by atoms with E-state index in [0.717, 1.165) is 19.5 Å². The fraction of sp³-hybridized carbons (Fsp3) is 0.900. The second kappa shape index (κ2) is 3.29. The van der Waals surface area contributed by atoms with Gasteiger partial charge in [-0.3, -0.25) is 4.79 Å². The minimum absolute atomic E-state index is 0.173. The van der Waals surface area contributed by atoms with Crippen molar-refractivity contribution in [3.8, 4) is 0 Å². The van der Waals surface area contributed by atoms with E-state index >= 15 is 0 Å². The molecule has 0 aromatic carbocycles. The number of nitrogens with one attached hydrogen (secondary N) is 2. The van der Waals surface area contributed by atoms with E-state index in [-0.39, 0.29) is 17.4 Å². The third kappa shape index (κ3) is 1.57. The largest absolute Gasteiger partial charge is 0.350 e. The highest BCUT2D eigenvalue weighted by atomic mass is 16.2. The summed E-state index contributed by atoms with van der Waals surface area (Å²) in [7, 11) is 0. The lowest BCUT2D eigenvalue weighted by Gasteiger charge is -2.43. The highest BCUT2D eigenvalue weighted by Gasteiger charge is 2.38. The highest BCUT2D eigenvalue weighted by Crippen LogP contribution is 2.34. The maximum absolute atomic E-state index is 11.6. The van der Waals surface area contributed by atoms with Gasteiger partial charge in [0.1, 0.15) is 0 Å². The molecular formula is C10H18N2O. The van der Waals surface area contributed by atoms with Crippen molar-refractivity contribution >= 4 is 5.91 Å². The smallest absolute Gasteiger partial charge is 0.226 e. The Kier molecular flexibility index (Phi) is 2.28. The molecule has 1 heterocycles. The van der Waals surface area contributed by atoms with Gasteiger partial charge < -0.3 is 10.6 Å². The predicted molar refractivity (Wildman–Crippen MR) is 51.4 cm³/mol. The lowest BCUT2D eigenvalue weighted by atomic mass is 9.74. The van der Waals surface area contributed by atoms with E-state index in [2.05, 4.69) is 17.6 Å². The lowest BCUT2D eigenvalue weighted by molar-refractivity contribution is -0.129. The number of carbonyl (C=O) groups is 1. The molecule has 2 rings (SSSR count). The van der Waals surface area contributed by atoms with Crippen molar-refractivity contribution in [2.24, 2.45) is 5.92 Å². The van der Waals surface area contributed by atoms with Gasteiger partial charge in [0.05, 0.1) is 5.92 Å². The van der Waals surface area contributed by atoms with Crippen LogP contribution >= 0.6 is 0 Å². The fourth-order valence-electron chi connectivity index (χ4n) is 2.01. The summed E-state index contributed by atoms with van der Waals surface area (Å²) in [6.07, 6.45) is 4.71. The molecule has 2 N–H and O–H groups in total. The van der Waals surface area contributed by atoms with Crippen LogP contribution in [0.4, 0.5) is 0 Å². The molecule has 3 heteroatoms. The summed E-state index contributed by atoms with van der Waals surface area (Å²) in [5.74, 6) is 0.504. The summed E-state index contributed by atoms with van der Waals surface area (Å²) in [5.41, 5.74) is 0.173. The molecule has 1 amide bonds. The topological polar surface area (TPSA) is 41.1 Å². The second-order valence-corrected chi connectivity index (χ2v) is 4.33. The van der Waals surface area contributed by atoms with Gasteiger partial charge in [-0.2, -0.15) is 0 Å². The molecule has 1 saturated carbocycles. The average Bonchev–Trinajstić information content (AvgIpc) is 1.93. The minimum atomic E-state index is 0.173. The molecule has 1 saturated heterocycles. The Bertz CT molecular complexity index is 201. The summed E-state index contributed by atoms with van der Waals surface area (Å²) >= 11 is 0. The van der Waals surface area contributed by atoms with E-state index in [0.29, 0.717) is 0 Å². The van der Waals surface area contributed by atoms with Crippen molar-refractivity contribution in [1.82, 2.24) is 10.6 Å². The third-order valence-electron chi connectivity index (χ3n) is 3.53. The molecule has 2 aliphatic rings. The van der Waals surface area contributed by atoms with Crippen LogP contribution in [0.1, 0.15) is 32.6 Å². The van der Waals surface area contributed by atoms with E-state index < -0.39 is 0 Å². The quantitative estimate of drug-likeness (QED) is 0.673. The van der Waals surface area contributed by atoms with Crippen LogP contribution in [-0.2, 0) is 4.79 Å². The monoisotopic (exact) mass is 182 g/mol. The lowest BCUT2D eigenvalue weighted by Crippen LogP contribution is -2.59. The van der Waals surface area contributed by atoms with Gasteiger partial charge in [-0.1, -0.05) is 6.92 Å². The van der Waals surface area contributed by atoms with Gasteiger partial charge in [0.15, 0.2) is 0 Å². The molecular weight excluding hydrogens is 164 g/mol. The second-order valence-electron chi connectivity index (χ2n) is 4.33. The Morgan fingerprint density at radius 3 is 2.54 bits per heavy atom. The molecule has 13 heavy (non-hydrogen) atoms. The van der Waals surface area contributed by atoms with Crippen LogP contribution in [0.25, 0.3) is 0 Å². The molecule has 2 fully saturated rings. The average molecular weight is 182 g/mol. The Morgan fingerprint density at radius 1 is 1.54 bits per heavy atom. The molecule has 1 aliphatic carbocycles. The molecule has 74 valence electrons. The van der Waals surface area contributed by atoms with E-state index in [1.54, 1.807) is 0 Å². The normalized spacial score (nSPS) is 25.9. The van der Waals surface area contributed by atoms with Crippen LogP contribution in [0.5, 0.6) is 0 Å². The van der Waals surface area contributed by atoms with Crippen molar-refractivity contribution < 1.29 is 4.79 Å². The summed E-state index contributed by atoms with van der Waals surface area (Å²) in [6.45, 7) is 3.90. The summed E-state index contributed by atoms with van der Waals surface area (Å²) in [4.78, 5) is 11.6. The highest BCUT2D eigenvalue weighted by molar-refractivity contribution is 5.80. The maximum Gasteiger partial charge on any atom is 0.226 e. The number of carbonyl (C=O) groups excluding carboxylic acids is 1. The SMILES string of the molecule is CCC1(NC(=O)C2CNC2)CCC1. The predicted octanol–water partition coefficient (Wildman–Crippen LogP) is 0.655. The van der Waals surface area contributed by atoms with Gasteiger partial charge in [0.25, 0.3) is 0 Å². The zero-order valence-corrected chi connectivity index (χ0v) is 8.23. The zero-order valence-electron chi connectivity index (χ0n) is 8.23. The summed E-state index contributed by atoms with van der Waals surface area (Å²) in [5, 5.41) is 6.32. The Labute approximate surface area is 79.3 Å². The molecule has 0 bridgehead atoms. The van der Waals surface area contributed by atoms with Gasteiger partial charge in [0.2, 0.25) is 5.91 Å². The van der Waals surface area contributed by atoms with E-state index in [4.69, 9.17) is 0 Å². The molecule has 0 spiro atoms. The molecule has 0 aromatic rings. The van der Waals surface area contributed by atoms with Crippen LogP contribution < -0.4 is 10.6 Å². The maximum atomic E-state index is 11.6. The zero-order chi connectivity index (χ0) is 9.31. The first kappa shape index (κ1) is 9.00. The van der Waals surface area contributed by atoms with Crippen LogP contribution in [0.15, 0.2) is 0 Å². The van der Waals surface area contributed by atoms with Gasteiger partial charge in [-0.05, 0) is 25.7 Å². The number of rotatable bonds is 3. The number of hydrogen-bond donors (Lipinski definition) is 2. The van der Waals surface area contributed by atoms with E-state index in [9.17, 15) is 4.79 Å². The van der Waals surface area contributed by atoms with Gasteiger partial charge in [-0.25, -0.2) is 0 Å². The first-order chi connectivity index (χ1) is 6.26. The Hall–Kier alpha value is -0.570. The van der Waals surface area contributed by atoms with Crippen molar-refractivity contribution in [3.63, 3.8) is 0 Å². The number of amides is 1. The Balaban J connectivity index is 1.84. The van der Waals surface area contributed by atoms with Crippen molar-refractivity contribution in [1.29, 1.82) is 0 Å². The van der Waals surface area contributed by atoms with E-state index in [1.165, 1.54) is 19.3 Å². The Morgan fingerprint density at radius 2 is 2.23 bits per heavy atom. The summed E-state index contributed by atoms with van der Waals surface area (Å²) in [6, 6.07) is 0. The molecule has 0 atom stereocenters. The molecule has 3 nitrogen and oxygen atoms in total. The molecule has 0 aromatic heterocycles. The number of hydrogen-bond acceptors (Lipinski definition) is 2. The van der Waals surface area contributed by atoms with Crippen LogP contribution in [0.3, 0.4) is 0 Å².